The van der Waals surface area contributed by atoms with Crippen molar-refractivity contribution in [3.05, 3.63) is 24.4 Å². The van der Waals surface area contributed by atoms with E-state index < -0.39 is 0 Å². The van der Waals surface area contributed by atoms with Crippen LogP contribution in [-0.4, -0.2) is 39.3 Å². The van der Waals surface area contributed by atoms with Crippen molar-refractivity contribution in [1.29, 1.82) is 0 Å². The van der Waals surface area contributed by atoms with Crippen LogP contribution in [0.2, 0.25) is 0 Å². The lowest BCUT2D eigenvalue weighted by atomic mass is 9.98. The summed E-state index contributed by atoms with van der Waals surface area (Å²) in [4.78, 5) is 7.18. The maximum atomic E-state index is 4.73. The van der Waals surface area contributed by atoms with E-state index in [1.165, 1.54) is 25.7 Å². The van der Waals surface area contributed by atoms with Gasteiger partial charge in [-0.3, -0.25) is 0 Å². The third-order valence-corrected chi connectivity index (χ3v) is 4.84. The Morgan fingerprint density at radius 1 is 1.29 bits per heavy atom. The molecule has 0 amide bonds. The predicted molar refractivity (Wildman–Crippen MR) is 83.6 cm³/mol. The molecule has 0 spiro atoms. The smallest absolute Gasteiger partial charge is 0.245 e. The highest BCUT2D eigenvalue weighted by atomic mass is 15.4. The zero-order chi connectivity index (χ0) is 14.2. The summed E-state index contributed by atoms with van der Waals surface area (Å²) in [6.07, 6.45) is 8.23. The Kier molecular flexibility index (Phi) is 3.30. The Hall–Kier alpha value is -1.62. The molecule has 2 aliphatic heterocycles. The van der Waals surface area contributed by atoms with Crippen molar-refractivity contribution < 1.29 is 0 Å². The highest BCUT2D eigenvalue weighted by Gasteiger charge is 2.36. The molecule has 0 aromatic carbocycles. The molecule has 2 bridgehead atoms. The van der Waals surface area contributed by atoms with Gasteiger partial charge in [0.15, 0.2) is 5.65 Å². The third-order valence-electron chi connectivity index (χ3n) is 4.84. The van der Waals surface area contributed by atoms with Crippen LogP contribution in [0.5, 0.6) is 0 Å². The van der Waals surface area contributed by atoms with E-state index in [2.05, 4.69) is 22.2 Å². The van der Waals surface area contributed by atoms with Crippen molar-refractivity contribution in [2.45, 2.75) is 57.2 Å². The Labute approximate surface area is 125 Å². The van der Waals surface area contributed by atoms with Gasteiger partial charge in [0.2, 0.25) is 5.95 Å². The summed E-state index contributed by atoms with van der Waals surface area (Å²) in [6.45, 7) is 3.28. The highest BCUT2D eigenvalue weighted by Crippen LogP contribution is 2.31. The lowest BCUT2D eigenvalue weighted by Crippen LogP contribution is -2.49. The van der Waals surface area contributed by atoms with Gasteiger partial charge in [-0.1, -0.05) is 13.0 Å². The number of nitrogens with zero attached hydrogens (tertiary/aromatic N) is 4. The molecule has 4 rings (SSSR count). The van der Waals surface area contributed by atoms with Crippen molar-refractivity contribution in [1.82, 2.24) is 19.9 Å². The minimum absolute atomic E-state index is 0.584. The fourth-order valence-electron chi connectivity index (χ4n) is 3.91. The lowest BCUT2D eigenvalue weighted by molar-refractivity contribution is 0.344. The second-order valence-electron chi connectivity index (χ2n) is 6.37. The average molecular weight is 285 g/mol. The summed E-state index contributed by atoms with van der Waals surface area (Å²) < 4.78 is 1.88. The zero-order valence-electron chi connectivity index (χ0n) is 12.6. The number of fused-ring (bicyclic) bond motifs is 3. The maximum absolute atomic E-state index is 4.73. The molecular weight excluding hydrogens is 262 g/mol. The van der Waals surface area contributed by atoms with Gasteiger partial charge in [-0.05, 0) is 44.2 Å². The van der Waals surface area contributed by atoms with E-state index >= 15 is 0 Å². The Bertz CT molecular complexity index is 577. The first-order valence-corrected chi connectivity index (χ1v) is 8.17. The van der Waals surface area contributed by atoms with Crippen LogP contribution in [0.4, 0.5) is 5.95 Å². The molecule has 112 valence electrons. The van der Waals surface area contributed by atoms with Crippen molar-refractivity contribution in [2.24, 2.45) is 0 Å². The molecule has 2 aromatic heterocycles. The molecule has 2 saturated heterocycles. The molecular formula is C16H23N5. The third kappa shape index (κ3) is 2.39. The molecule has 2 unspecified atom stereocenters. The van der Waals surface area contributed by atoms with Crippen molar-refractivity contribution in [2.75, 3.05) is 11.4 Å². The van der Waals surface area contributed by atoms with E-state index in [4.69, 9.17) is 4.98 Å². The van der Waals surface area contributed by atoms with Gasteiger partial charge in [0.1, 0.15) is 0 Å². The second-order valence-corrected chi connectivity index (χ2v) is 6.37. The molecule has 21 heavy (non-hydrogen) atoms. The van der Waals surface area contributed by atoms with Gasteiger partial charge in [-0.25, -0.2) is 4.52 Å². The average Bonchev–Trinajstić information content (AvgIpc) is 3.07. The molecule has 0 aliphatic carbocycles. The Balaban J connectivity index is 1.64. The fourth-order valence-corrected chi connectivity index (χ4v) is 3.91. The van der Waals surface area contributed by atoms with Gasteiger partial charge in [-0.2, -0.15) is 4.98 Å². The van der Waals surface area contributed by atoms with E-state index in [-0.39, 0.29) is 0 Å². The highest BCUT2D eigenvalue weighted by molar-refractivity contribution is 5.45. The monoisotopic (exact) mass is 285 g/mol. The SMILES string of the molecule is CCCN(c1nc2ccccn2n1)C1CC2CCC(C1)N2. The summed E-state index contributed by atoms with van der Waals surface area (Å²) in [7, 11) is 0. The quantitative estimate of drug-likeness (QED) is 0.935. The number of anilines is 1. The Morgan fingerprint density at radius 3 is 2.81 bits per heavy atom. The minimum Gasteiger partial charge on any atom is -0.336 e. The van der Waals surface area contributed by atoms with E-state index in [0.29, 0.717) is 18.1 Å². The van der Waals surface area contributed by atoms with E-state index in [1.54, 1.807) is 0 Å². The molecule has 1 N–H and O–H groups in total. The molecule has 2 atom stereocenters. The number of piperidine rings is 1. The van der Waals surface area contributed by atoms with Gasteiger partial charge >= 0.3 is 0 Å². The van der Waals surface area contributed by atoms with Crippen molar-refractivity contribution in [3.63, 3.8) is 0 Å². The molecule has 2 fully saturated rings. The molecule has 0 radical (unpaired) electrons. The largest absolute Gasteiger partial charge is 0.336 e. The fraction of sp³-hybridized carbons (Fsp3) is 0.625. The van der Waals surface area contributed by atoms with Crippen molar-refractivity contribution in [3.8, 4) is 0 Å². The van der Waals surface area contributed by atoms with Crippen LogP contribution in [0, 0.1) is 0 Å². The molecule has 0 saturated carbocycles. The maximum Gasteiger partial charge on any atom is 0.245 e. The van der Waals surface area contributed by atoms with Gasteiger partial charge < -0.3 is 10.2 Å². The molecule has 5 heteroatoms. The van der Waals surface area contributed by atoms with Gasteiger partial charge in [0.05, 0.1) is 0 Å². The number of pyridine rings is 1. The van der Waals surface area contributed by atoms with Crippen LogP contribution in [0.25, 0.3) is 5.65 Å². The van der Waals surface area contributed by atoms with Crippen LogP contribution < -0.4 is 10.2 Å². The minimum atomic E-state index is 0.584. The van der Waals surface area contributed by atoms with Crippen LogP contribution in [0.15, 0.2) is 24.4 Å². The standard InChI is InChI=1S/C16H23N5/c1-2-8-20(14-10-12-6-7-13(11-14)17-12)16-18-15-5-3-4-9-21(15)19-16/h3-5,9,12-14,17H,2,6-8,10-11H2,1H3. The summed E-state index contributed by atoms with van der Waals surface area (Å²) >= 11 is 0. The first-order chi connectivity index (χ1) is 10.3. The van der Waals surface area contributed by atoms with Gasteiger partial charge in [0, 0.05) is 30.9 Å². The first kappa shape index (κ1) is 13.1. The normalized spacial score (nSPS) is 28.1. The summed E-state index contributed by atoms with van der Waals surface area (Å²) in [5.41, 5.74) is 0.936. The number of hydrogen-bond acceptors (Lipinski definition) is 4. The van der Waals surface area contributed by atoms with Crippen molar-refractivity contribution >= 4 is 11.6 Å². The second kappa shape index (κ2) is 5.30. The van der Waals surface area contributed by atoms with Crippen LogP contribution in [-0.2, 0) is 0 Å². The molecule has 5 nitrogen and oxygen atoms in total. The molecule has 2 aromatic rings. The van der Waals surface area contributed by atoms with Crippen LogP contribution in [0.1, 0.15) is 39.0 Å². The van der Waals surface area contributed by atoms with Crippen LogP contribution in [0.3, 0.4) is 0 Å². The van der Waals surface area contributed by atoms with Gasteiger partial charge in [-0.15, -0.1) is 5.10 Å². The molecule has 2 aliphatic rings. The number of hydrogen-bond donors (Lipinski definition) is 1. The zero-order valence-corrected chi connectivity index (χ0v) is 12.6. The van der Waals surface area contributed by atoms with E-state index in [9.17, 15) is 0 Å². The number of aromatic nitrogens is 3. The number of rotatable bonds is 4. The van der Waals surface area contributed by atoms with E-state index in [1.807, 2.05) is 28.9 Å². The summed E-state index contributed by atoms with van der Waals surface area (Å²) in [5.74, 6) is 0.898. The van der Waals surface area contributed by atoms with E-state index in [0.717, 1.165) is 24.6 Å². The summed E-state index contributed by atoms with van der Waals surface area (Å²) in [6, 6.07) is 8.02. The molecule has 4 heterocycles. The van der Waals surface area contributed by atoms with Crippen LogP contribution >= 0.6 is 0 Å². The lowest BCUT2D eigenvalue weighted by Gasteiger charge is -2.37. The Morgan fingerprint density at radius 2 is 2.10 bits per heavy atom. The predicted octanol–water partition coefficient (Wildman–Crippen LogP) is 2.23. The number of nitrogens with one attached hydrogen (secondary N) is 1. The van der Waals surface area contributed by atoms with Gasteiger partial charge in [0.25, 0.3) is 0 Å². The first-order valence-electron chi connectivity index (χ1n) is 8.17. The summed E-state index contributed by atoms with van der Waals surface area (Å²) in [5, 5.41) is 8.41. The topological polar surface area (TPSA) is 45.5 Å².